The van der Waals surface area contributed by atoms with Gasteiger partial charge in [-0.15, -0.1) is 0 Å². The van der Waals surface area contributed by atoms with E-state index in [0.717, 1.165) is 10.0 Å². The van der Waals surface area contributed by atoms with E-state index in [1.165, 1.54) is 0 Å². The Labute approximate surface area is 144 Å². The van der Waals surface area contributed by atoms with E-state index >= 15 is 0 Å². The number of aryl methyl sites for hydroxylation is 1. The molecule has 0 bridgehead atoms. The van der Waals surface area contributed by atoms with Gasteiger partial charge in [0.2, 0.25) is 11.8 Å². The molecule has 0 spiro atoms. The van der Waals surface area contributed by atoms with Crippen molar-refractivity contribution in [2.75, 3.05) is 10.6 Å². The molecule has 0 aliphatic rings. The fraction of sp³-hybridized carbons (Fsp3) is 0.222. The molecule has 23 heavy (non-hydrogen) atoms. The lowest BCUT2D eigenvalue weighted by molar-refractivity contribution is -0.135. The zero-order valence-electron chi connectivity index (χ0n) is 13.3. The van der Waals surface area contributed by atoms with Crippen molar-refractivity contribution in [1.29, 1.82) is 0 Å². The average Bonchev–Trinajstić information content (AvgIpc) is 2.50. The fourth-order valence-corrected chi connectivity index (χ4v) is 2.50. The number of carbonyl (C=O) groups excluding carboxylic acids is 2. The van der Waals surface area contributed by atoms with Crippen LogP contribution in [-0.2, 0) is 9.59 Å². The summed E-state index contributed by atoms with van der Waals surface area (Å²) in [5, 5.41) is 5.56. The second-order valence-corrected chi connectivity index (χ2v) is 6.74. The van der Waals surface area contributed by atoms with Crippen LogP contribution < -0.4 is 10.6 Å². The number of rotatable bonds is 4. The molecule has 0 aliphatic heterocycles. The first-order valence-electron chi connectivity index (χ1n) is 7.25. The molecule has 0 radical (unpaired) electrons. The van der Waals surface area contributed by atoms with Gasteiger partial charge in [-0.3, -0.25) is 9.59 Å². The summed E-state index contributed by atoms with van der Waals surface area (Å²) in [4.78, 5) is 24.9. The van der Waals surface area contributed by atoms with Gasteiger partial charge in [0, 0.05) is 10.2 Å². The van der Waals surface area contributed by atoms with E-state index in [-0.39, 0.29) is 11.8 Å². The third-order valence-corrected chi connectivity index (χ3v) is 4.20. The zero-order valence-corrected chi connectivity index (χ0v) is 14.9. The Hall–Kier alpha value is -2.14. The van der Waals surface area contributed by atoms with Crippen molar-refractivity contribution < 1.29 is 9.59 Å². The molecule has 2 aromatic rings. The predicted octanol–water partition coefficient (Wildman–Crippen LogP) is 4.36. The molecular weight excluding hydrogens is 356 g/mol. The predicted molar refractivity (Wildman–Crippen MR) is 96.4 cm³/mol. The first-order chi connectivity index (χ1) is 10.8. The van der Waals surface area contributed by atoms with Gasteiger partial charge in [0.1, 0.15) is 5.41 Å². The van der Waals surface area contributed by atoms with Crippen molar-refractivity contribution in [3.63, 3.8) is 0 Å². The van der Waals surface area contributed by atoms with Gasteiger partial charge in [-0.05, 0) is 66.5 Å². The molecule has 0 unspecified atom stereocenters. The maximum atomic E-state index is 12.5. The molecule has 0 fully saturated rings. The Morgan fingerprint density at radius 1 is 0.957 bits per heavy atom. The van der Waals surface area contributed by atoms with Crippen LogP contribution in [0.2, 0.25) is 0 Å². The minimum atomic E-state index is -1.21. The van der Waals surface area contributed by atoms with Crippen molar-refractivity contribution in [3.05, 3.63) is 58.6 Å². The summed E-state index contributed by atoms with van der Waals surface area (Å²) in [6, 6.07) is 14.7. The molecule has 4 nitrogen and oxygen atoms in total. The molecule has 0 saturated carbocycles. The smallest absolute Gasteiger partial charge is 0.239 e. The Morgan fingerprint density at radius 3 is 2.17 bits per heavy atom. The van der Waals surface area contributed by atoms with Crippen LogP contribution in [-0.4, -0.2) is 11.8 Å². The molecular formula is C18H19BrN2O2. The number of hydrogen-bond acceptors (Lipinski definition) is 2. The molecule has 0 aliphatic carbocycles. The fourth-order valence-electron chi connectivity index (χ4n) is 1.91. The highest BCUT2D eigenvalue weighted by Gasteiger charge is 2.36. The highest BCUT2D eigenvalue weighted by molar-refractivity contribution is 9.10. The van der Waals surface area contributed by atoms with Gasteiger partial charge in [0.15, 0.2) is 0 Å². The number of anilines is 2. The van der Waals surface area contributed by atoms with Gasteiger partial charge in [-0.25, -0.2) is 0 Å². The van der Waals surface area contributed by atoms with Crippen molar-refractivity contribution in [2.45, 2.75) is 20.8 Å². The summed E-state index contributed by atoms with van der Waals surface area (Å²) >= 11 is 3.42. The Balaban J connectivity index is 2.11. The summed E-state index contributed by atoms with van der Waals surface area (Å²) in [5.41, 5.74) is 1.17. The first-order valence-corrected chi connectivity index (χ1v) is 8.04. The monoisotopic (exact) mass is 374 g/mol. The summed E-state index contributed by atoms with van der Waals surface area (Å²) < 4.78 is 0.783. The molecule has 5 heteroatoms. The van der Waals surface area contributed by atoms with E-state index in [0.29, 0.717) is 11.4 Å². The van der Waals surface area contributed by atoms with E-state index in [1.807, 2.05) is 43.3 Å². The van der Waals surface area contributed by atoms with E-state index in [2.05, 4.69) is 26.6 Å². The Bertz CT molecular complexity index is 727. The molecule has 2 aromatic carbocycles. The van der Waals surface area contributed by atoms with Crippen LogP contribution in [0.4, 0.5) is 11.4 Å². The largest absolute Gasteiger partial charge is 0.325 e. The van der Waals surface area contributed by atoms with Gasteiger partial charge in [-0.2, -0.15) is 0 Å². The van der Waals surface area contributed by atoms with Gasteiger partial charge in [0.05, 0.1) is 5.69 Å². The van der Waals surface area contributed by atoms with Crippen LogP contribution in [0.15, 0.2) is 53.0 Å². The lowest BCUT2D eigenvalue weighted by Crippen LogP contribution is -2.41. The van der Waals surface area contributed by atoms with Crippen molar-refractivity contribution in [2.24, 2.45) is 5.41 Å². The average molecular weight is 375 g/mol. The minimum Gasteiger partial charge on any atom is -0.325 e. The van der Waals surface area contributed by atoms with Crippen molar-refractivity contribution in [1.82, 2.24) is 0 Å². The van der Waals surface area contributed by atoms with Crippen LogP contribution in [0.25, 0.3) is 0 Å². The highest BCUT2D eigenvalue weighted by atomic mass is 79.9. The summed E-state index contributed by atoms with van der Waals surface area (Å²) in [5.74, 6) is -0.722. The van der Waals surface area contributed by atoms with Crippen LogP contribution >= 0.6 is 15.9 Å². The number of carbonyl (C=O) groups is 2. The highest BCUT2D eigenvalue weighted by Crippen LogP contribution is 2.27. The normalized spacial score (nSPS) is 11.0. The number of nitrogens with one attached hydrogen (secondary N) is 2. The number of hydrogen-bond donors (Lipinski definition) is 2. The number of amides is 2. The molecule has 120 valence electrons. The maximum Gasteiger partial charge on any atom is 0.239 e. The lowest BCUT2D eigenvalue weighted by Gasteiger charge is -2.23. The number of para-hydroxylation sites is 1. The molecule has 0 heterocycles. The van der Waals surface area contributed by atoms with Crippen LogP contribution in [0.1, 0.15) is 19.4 Å². The second kappa shape index (κ2) is 6.96. The van der Waals surface area contributed by atoms with Crippen molar-refractivity contribution >= 4 is 39.1 Å². The number of benzene rings is 2. The van der Waals surface area contributed by atoms with E-state index in [4.69, 9.17) is 0 Å². The topological polar surface area (TPSA) is 58.2 Å². The quantitative estimate of drug-likeness (QED) is 0.780. The van der Waals surface area contributed by atoms with Gasteiger partial charge in [-0.1, -0.05) is 24.3 Å². The van der Waals surface area contributed by atoms with Gasteiger partial charge < -0.3 is 10.6 Å². The van der Waals surface area contributed by atoms with Gasteiger partial charge in [0.25, 0.3) is 0 Å². The second-order valence-electron chi connectivity index (χ2n) is 5.88. The summed E-state index contributed by atoms with van der Waals surface area (Å²) in [7, 11) is 0. The van der Waals surface area contributed by atoms with Crippen LogP contribution in [0, 0.1) is 12.3 Å². The summed E-state index contributed by atoms with van der Waals surface area (Å²) in [6.07, 6.45) is 0. The van der Waals surface area contributed by atoms with Crippen LogP contribution in [0.5, 0.6) is 0 Å². The SMILES string of the molecule is Cc1ccc(NC(=O)C(C)(C)C(=O)Nc2ccccc2)c(Br)c1. The molecule has 2 amide bonds. The molecule has 0 atom stereocenters. The van der Waals surface area contributed by atoms with E-state index in [9.17, 15) is 9.59 Å². The zero-order chi connectivity index (χ0) is 17.0. The standard InChI is InChI=1S/C18H19BrN2O2/c1-12-9-10-15(14(19)11-12)21-17(23)18(2,3)16(22)20-13-7-5-4-6-8-13/h4-11H,1-3H3,(H,20,22)(H,21,23). The molecule has 2 rings (SSSR count). The molecule has 0 aromatic heterocycles. The number of halogens is 1. The minimum absolute atomic E-state index is 0.357. The van der Waals surface area contributed by atoms with Gasteiger partial charge >= 0.3 is 0 Å². The van der Waals surface area contributed by atoms with E-state index < -0.39 is 5.41 Å². The Kier molecular flexibility index (Phi) is 5.21. The molecule has 2 N–H and O–H groups in total. The third-order valence-electron chi connectivity index (χ3n) is 3.54. The van der Waals surface area contributed by atoms with Crippen molar-refractivity contribution in [3.8, 4) is 0 Å². The Morgan fingerprint density at radius 2 is 1.57 bits per heavy atom. The molecule has 0 saturated heterocycles. The summed E-state index contributed by atoms with van der Waals surface area (Å²) in [6.45, 7) is 5.17. The third kappa shape index (κ3) is 4.20. The first kappa shape index (κ1) is 17.2. The lowest BCUT2D eigenvalue weighted by atomic mass is 9.90. The maximum absolute atomic E-state index is 12.5. The van der Waals surface area contributed by atoms with E-state index in [1.54, 1.807) is 26.0 Å². The van der Waals surface area contributed by atoms with Crippen LogP contribution in [0.3, 0.4) is 0 Å².